The van der Waals surface area contributed by atoms with Crippen molar-refractivity contribution in [2.75, 3.05) is 23.9 Å². The van der Waals surface area contributed by atoms with Gasteiger partial charge in [-0.05, 0) is 24.3 Å². The normalized spacial score (nSPS) is 11.5. The van der Waals surface area contributed by atoms with E-state index in [0.29, 0.717) is 12.2 Å². The highest BCUT2D eigenvalue weighted by Crippen LogP contribution is 2.26. The molecule has 0 bridgehead atoms. The van der Waals surface area contributed by atoms with Crippen LogP contribution < -0.4 is 10.6 Å². The molecule has 2 aromatic rings. The standard InChI is InChI=1S/C13H16N2O3S/c1-15(8-10-5-6-18-9-10)13-4-3-11(7-12(13)14)19(2,16)17/h3-7,9H,8,14H2,1-2H3. The molecule has 0 saturated heterocycles. The highest BCUT2D eigenvalue weighted by Gasteiger charge is 2.12. The quantitative estimate of drug-likeness (QED) is 0.866. The van der Waals surface area contributed by atoms with Crippen LogP contribution in [-0.2, 0) is 16.4 Å². The van der Waals surface area contributed by atoms with E-state index in [1.165, 1.54) is 6.07 Å². The van der Waals surface area contributed by atoms with Crippen molar-refractivity contribution in [2.24, 2.45) is 0 Å². The fourth-order valence-electron chi connectivity index (χ4n) is 1.85. The number of nitrogens with two attached hydrogens (primary N) is 1. The smallest absolute Gasteiger partial charge is 0.175 e. The van der Waals surface area contributed by atoms with Crippen LogP contribution >= 0.6 is 0 Å². The Morgan fingerprint density at radius 2 is 2.05 bits per heavy atom. The fourth-order valence-corrected chi connectivity index (χ4v) is 2.51. The SMILES string of the molecule is CN(Cc1ccoc1)c1ccc(S(C)(=O)=O)cc1N. The average molecular weight is 280 g/mol. The van der Waals surface area contributed by atoms with Crippen molar-refractivity contribution in [1.82, 2.24) is 0 Å². The third-order valence-electron chi connectivity index (χ3n) is 2.84. The Morgan fingerprint density at radius 3 is 2.58 bits per heavy atom. The molecule has 0 unspecified atom stereocenters. The number of nitrogens with zero attached hydrogens (tertiary/aromatic N) is 1. The Balaban J connectivity index is 2.26. The van der Waals surface area contributed by atoms with Crippen LogP contribution in [0.25, 0.3) is 0 Å². The minimum atomic E-state index is -3.23. The molecule has 0 aliphatic carbocycles. The van der Waals surface area contributed by atoms with Crippen molar-refractivity contribution < 1.29 is 12.8 Å². The van der Waals surface area contributed by atoms with Crippen LogP contribution in [0, 0.1) is 0 Å². The van der Waals surface area contributed by atoms with Gasteiger partial charge in [0.2, 0.25) is 0 Å². The Morgan fingerprint density at radius 1 is 1.32 bits per heavy atom. The van der Waals surface area contributed by atoms with Crippen LogP contribution in [-0.4, -0.2) is 21.7 Å². The topological polar surface area (TPSA) is 76.5 Å². The third kappa shape index (κ3) is 3.08. The van der Waals surface area contributed by atoms with Gasteiger partial charge in [-0.3, -0.25) is 0 Å². The van der Waals surface area contributed by atoms with Crippen LogP contribution in [0.5, 0.6) is 0 Å². The Labute approximate surface area is 112 Å². The number of benzene rings is 1. The van der Waals surface area contributed by atoms with Gasteiger partial charge >= 0.3 is 0 Å². The summed E-state index contributed by atoms with van der Waals surface area (Å²) in [5, 5.41) is 0. The van der Waals surface area contributed by atoms with Gasteiger partial charge in [-0.1, -0.05) is 0 Å². The molecule has 19 heavy (non-hydrogen) atoms. The van der Waals surface area contributed by atoms with Crippen LogP contribution in [0.2, 0.25) is 0 Å². The molecule has 0 amide bonds. The molecule has 0 aliphatic heterocycles. The molecule has 1 aromatic carbocycles. The van der Waals surface area contributed by atoms with Crippen LogP contribution in [0.1, 0.15) is 5.56 Å². The molecule has 6 heteroatoms. The second kappa shape index (κ2) is 4.97. The highest BCUT2D eigenvalue weighted by molar-refractivity contribution is 7.90. The molecule has 0 spiro atoms. The molecule has 1 aromatic heterocycles. The van der Waals surface area contributed by atoms with E-state index in [1.807, 2.05) is 18.0 Å². The Bertz CT molecular complexity index is 663. The fraction of sp³-hybridized carbons (Fsp3) is 0.231. The Kier molecular flexibility index (Phi) is 3.53. The van der Waals surface area contributed by atoms with E-state index in [4.69, 9.17) is 10.2 Å². The first-order chi connectivity index (χ1) is 8.88. The molecule has 5 nitrogen and oxygen atoms in total. The lowest BCUT2D eigenvalue weighted by Crippen LogP contribution is -2.17. The van der Waals surface area contributed by atoms with Crippen molar-refractivity contribution in [1.29, 1.82) is 0 Å². The van der Waals surface area contributed by atoms with Gasteiger partial charge < -0.3 is 15.1 Å². The monoisotopic (exact) mass is 280 g/mol. The predicted molar refractivity (Wildman–Crippen MR) is 74.8 cm³/mol. The van der Waals surface area contributed by atoms with Gasteiger partial charge in [0.15, 0.2) is 9.84 Å². The first-order valence-corrected chi connectivity index (χ1v) is 7.59. The van der Waals surface area contributed by atoms with E-state index in [0.717, 1.165) is 17.5 Å². The summed E-state index contributed by atoms with van der Waals surface area (Å²) < 4.78 is 27.9. The predicted octanol–water partition coefficient (Wildman–Crippen LogP) is 1.90. The minimum absolute atomic E-state index is 0.227. The zero-order chi connectivity index (χ0) is 14.0. The summed E-state index contributed by atoms with van der Waals surface area (Å²) >= 11 is 0. The van der Waals surface area contributed by atoms with Crippen LogP contribution in [0.4, 0.5) is 11.4 Å². The summed E-state index contributed by atoms with van der Waals surface area (Å²) in [6.45, 7) is 0.638. The van der Waals surface area contributed by atoms with Gasteiger partial charge in [-0.15, -0.1) is 0 Å². The summed E-state index contributed by atoms with van der Waals surface area (Å²) in [5.74, 6) is 0. The van der Waals surface area contributed by atoms with Crippen LogP contribution in [0.3, 0.4) is 0 Å². The number of hydrogen-bond donors (Lipinski definition) is 1. The molecule has 0 atom stereocenters. The summed E-state index contributed by atoms with van der Waals surface area (Å²) in [5.41, 5.74) is 8.17. The molecule has 1 heterocycles. The highest BCUT2D eigenvalue weighted by atomic mass is 32.2. The summed E-state index contributed by atoms with van der Waals surface area (Å²) in [7, 11) is -1.34. The molecular weight excluding hydrogens is 264 g/mol. The maximum Gasteiger partial charge on any atom is 0.175 e. The zero-order valence-electron chi connectivity index (χ0n) is 10.8. The van der Waals surface area contributed by atoms with Crippen molar-refractivity contribution in [3.05, 3.63) is 42.4 Å². The first-order valence-electron chi connectivity index (χ1n) is 5.70. The van der Waals surface area contributed by atoms with E-state index in [9.17, 15) is 8.42 Å². The van der Waals surface area contributed by atoms with E-state index >= 15 is 0 Å². The largest absolute Gasteiger partial charge is 0.472 e. The van der Waals surface area contributed by atoms with Crippen molar-refractivity contribution >= 4 is 21.2 Å². The first kappa shape index (κ1) is 13.5. The van der Waals surface area contributed by atoms with Gasteiger partial charge in [0.05, 0.1) is 28.8 Å². The summed E-state index contributed by atoms with van der Waals surface area (Å²) in [6, 6.07) is 6.63. The molecule has 0 saturated carbocycles. The second-order valence-electron chi connectivity index (χ2n) is 4.48. The number of hydrogen-bond acceptors (Lipinski definition) is 5. The molecule has 2 N–H and O–H groups in total. The lowest BCUT2D eigenvalue weighted by Gasteiger charge is -2.20. The van der Waals surface area contributed by atoms with Gasteiger partial charge in [0.25, 0.3) is 0 Å². The van der Waals surface area contributed by atoms with Crippen molar-refractivity contribution in [3.63, 3.8) is 0 Å². The lowest BCUT2D eigenvalue weighted by atomic mass is 10.2. The zero-order valence-corrected chi connectivity index (χ0v) is 11.6. The van der Waals surface area contributed by atoms with E-state index in [-0.39, 0.29) is 4.90 Å². The maximum absolute atomic E-state index is 11.4. The summed E-state index contributed by atoms with van der Waals surface area (Å²) in [6.07, 6.45) is 4.44. The van der Waals surface area contributed by atoms with E-state index in [1.54, 1.807) is 24.7 Å². The van der Waals surface area contributed by atoms with E-state index in [2.05, 4.69) is 0 Å². The van der Waals surface area contributed by atoms with Crippen LogP contribution in [0.15, 0.2) is 46.1 Å². The number of nitrogen functional groups attached to an aromatic ring is 1. The number of sulfone groups is 1. The molecule has 102 valence electrons. The van der Waals surface area contributed by atoms with Gasteiger partial charge in [-0.25, -0.2) is 8.42 Å². The number of anilines is 2. The van der Waals surface area contributed by atoms with Gasteiger partial charge in [0, 0.05) is 25.4 Å². The van der Waals surface area contributed by atoms with Crippen molar-refractivity contribution in [2.45, 2.75) is 11.4 Å². The molecular formula is C13H16N2O3S. The average Bonchev–Trinajstić information content (AvgIpc) is 2.80. The molecule has 0 aliphatic rings. The molecule has 2 rings (SSSR count). The lowest BCUT2D eigenvalue weighted by molar-refractivity contribution is 0.563. The molecule has 0 fully saturated rings. The van der Waals surface area contributed by atoms with Gasteiger partial charge in [-0.2, -0.15) is 0 Å². The van der Waals surface area contributed by atoms with Crippen molar-refractivity contribution in [3.8, 4) is 0 Å². The second-order valence-corrected chi connectivity index (χ2v) is 6.50. The van der Waals surface area contributed by atoms with Gasteiger partial charge in [0.1, 0.15) is 0 Å². The maximum atomic E-state index is 11.4. The Hall–Kier alpha value is -1.95. The molecule has 0 radical (unpaired) electrons. The third-order valence-corrected chi connectivity index (χ3v) is 3.95. The van der Waals surface area contributed by atoms with E-state index < -0.39 is 9.84 Å². The number of rotatable bonds is 4. The minimum Gasteiger partial charge on any atom is -0.472 e. The number of furan rings is 1. The summed E-state index contributed by atoms with van der Waals surface area (Å²) in [4.78, 5) is 2.16.